The zero-order valence-electron chi connectivity index (χ0n) is 12.9. The lowest BCUT2D eigenvalue weighted by Gasteiger charge is -2.12. The lowest BCUT2D eigenvalue weighted by molar-refractivity contribution is -0.0529. The summed E-state index contributed by atoms with van der Waals surface area (Å²) in [7, 11) is 0. The van der Waals surface area contributed by atoms with Gasteiger partial charge in [0.05, 0.1) is 12.7 Å². The molecule has 1 aliphatic heterocycles. The standard InChI is InChI=1S/C15H14F3N3O4/c16-9-3-4-21(6-9)14(22)11-7-24-13(20-11)8-23-10-1-2-12(19-5-10)25-15(17)18/h1-2,5,7,9,15H,3-4,6,8H2. The van der Waals surface area contributed by atoms with Crippen LogP contribution in [0.3, 0.4) is 0 Å². The first-order valence-corrected chi connectivity index (χ1v) is 7.42. The molecule has 1 atom stereocenters. The SMILES string of the molecule is O=C(c1coc(COc2ccc(OC(F)F)nc2)n1)N1CCC(F)C1. The molecule has 0 saturated carbocycles. The molecule has 0 radical (unpaired) electrons. The van der Waals surface area contributed by atoms with Crippen LogP contribution < -0.4 is 9.47 Å². The van der Waals surface area contributed by atoms with Gasteiger partial charge in [-0.2, -0.15) is 8.78 Å². The number of pyridine rings is 1. The Morgan fingerprint density at radius 1 is 1.44 bits per heavy atom. The smallest absolute Gasteiger partial charge is 0.388 e. The quantitative estimate of drug-likeness (QED) is 0.790. The third kappa shape index (κ3) is 4.40. The van der Waals surface area contributed by atoms with E-state index in [2.05, 4.69) is 14.7 Å². The van der Waals surface area contributed by atoms with Gasteiger partial charge < -0.3 is 18.8 Å². The summed E-state index contributed by atoms with van der Waals surface area (Å²) in [6.07, 6.45) is 1.70. The Morgan fingerprint density at radius 3 is 2.92 bits per heavy atom. The van der Waals surface area contributed by atoms with Crippen molar-refractivity contribution in [3.63, 3.8) is 0 Å². The zero-order valence-corrected chi connectivity index (χ0v) is 12.9. The van der Waals surface area contributed by atoms with Crippen LogP contribution in [0.25, 0.3) is 0 Å². The Balaban J connectivity index is 1.54. The van der Waals surface area contributed by atoms with Crippen molar-refractivity contribution in [2.45, 2.75) is 25.8 Å². The van der Waals surface area contributed by atoms with E-state index in [1.807, 2.05) is 0 Å². The highest BCUT2D eigenvalue weighted by atomic mass is 19.3. The number of halogens is 3. The van der Waals surface area contributed by atoms with Crippen molar-refractivity contribution in [2.75, 3.05) is 13.1 Å². The fourth-order valence-corrected chi connectivity index (χ4v) is 2.30. The van der Waals surface area contributed by atoms with Crippen LogP contribution in [0.15, 0.2) is 29.0 Å². The Labute approximate surface area is 140 Å². The molecule has 2 aromatic heterocycles. The van der Waals surface area contributed by atoms with Crippen LogP contribution in [0.5, 0.6) is 11.6 Å². The topological polar surface area (TPSA) is 77.7 Å². The van der Waals surface area contributed by atoms with Crippen molar-refractivity contribution in [3.8, 4) is 11.6 Å². The number of nitrogens with zero attached hydrogens (tertiary/aromatic N) is 3. The molecule has 1 amide bonds. The number of likely N-dealkylation sites (tertiary alicyclic amines) is 1. The second-order valence-corrected chi connectivity index (χ2v) is 5.26. The summed E-state index contributed by atoms with van der Waals surface area (Å²) in [5.74, 6) is -0.201. The first kappa shape index (κ1) is 17.1. The molecular formula is C15H14F3N3O4. The van der Waals surface area contributed by atoms with Gasteiger partial charge in [-0.25, -0.2) is 14.4 Å². The molecular weight excluding hydrogens is 343 g/mol. The molecule has 3 heterocycles. The summed E-state index contributed by atoms with van der Waals surface area (Å²) in [4.78, 5) is 21.1. The minimum atomic E-state index is -2.95. The number of aromatic nitrogens is 2. The maximum absolute atomic E-state index is 13.1. The van der Waals surface area contributed by atoms with Crippen molar-refractivity contribution < 1.29 is 31.9 Å². The Morgan fingerprint density at radius 2 is 2.28 bits per heavy atom. The Kier molecular flexibility index (Phi) is 5.05. The van der Waals surface area contributed by atoms with Crippen LogP contribution >= 0.6 is 0 Å². The molecule has 1 fully saturated rings. The fraction of sp³-hybridized carbons (Fsp3) is 0.400. The number of hydrogen-bond acceptors (Lipinski definition) is 6. The number of rotatable bonds is 6. The largest absolute Gasteiger partial charge is 0.482 e. The third-order valence-electron chi connectivity index (χ3n) is 3.47. The lowest BCUT2D eigenvalue weighted by atomic mass is 10.3. The van der Waals surface area contributed by atoms with Crippen LogP contribution in [0.2, 0.25) is 0 Å². The highest BCUT2D eigenvalue weighted by molar-refractivity contribution is 5.92. The molecule has 1 unspecified atom stereocenters. The molecule has 0 aromatic carbocycles. The van der Waals surface area contributed by atoms with Crippen molar-refractivity contribution in [3.05, 3.63) is 36.2 Å². The van der Waals surface area contributed by atoms with Crippen molar-refractivity contribution in [2.24, 2.45) is 0 Å². The maximum atomic E-state index is 13.1. The highest BCUT2D eigenvalue weighted by Gasteiger charge is 2.28. The highest BCUT2D eigenvalue weighted by Crippen LogP contribution is 2.18. The van der Waals surface area contributed by atoms with E-state index in [4.69, 9.17) is 9.15 Å². The number of alkyl halides is 3. The lowest BCUT2D eigenvalue weighted by Crippen LogP contribution is -2.29. The van der Waals surface area contributed by atoms with Gasteiger partial charge in [0.1, 0.15) is 18.2 Å². The predicted molar refractivity (Wildman–Crippen MR) is 77.1 cm³/mol. The Bertz CT molecular complexity index is 723. The van der Waals surface area contributed by atoms with E-state index < -0.39 is 18.7 Å². The number of carbonyl (C=O) groups excluding carboxylic acids is 1. The summed E-state index contributed by atoms with van der Waals surface area (Å²) in [5, 5.41) is 0. The van der Waals surface area contributed by atoms with Crippen LogP contribution in [0, 0.1) is 0 Å². The van der Waals surface area contributed by atoms with Crippen LogP contribution in [-0.4, -0.2) is 46.6 Å². The van der Waals surface area contributed by atoms with Crippen LogP contribution in [0.4, 0.5) is 13.2 Å². The number of amides is 1. The van der Waals surface area contributed by atoms with Crippen molar-refractivity contribution in [1.29, 1.82) is 0 Å². The van der Waals surface area contributed by atoms with E-state index in [0.717, 1.165) is 0 Å². The minimum absolute atomic E-state index is 0.0518. The van der Waals surface area contributed by atoms with Crippen LogP contribution in [0.1, 0.15) is 22.8 Å². The van der Waals surface area contributed by atoms with Gasteiger partial charge in [-0.05, 0) is 12.5 Å². The molecule has 0 N–H and O–H groups in total. The molecule has 0 bridgehead atoms. The van der Waals surface area contributed by atoms with Crippen molar-refractivity contribution in [1.82, 2.24) is 14.9 Å². The second kappa shape index (κ2) is 7.41. The first-order valence-electron chi connectivity index (χ1n) is 7.42. The van der Waals surface area contributed by atoms with Gasteiger partial charge in [0.25, 0.3) is 5.91 Å². The number of carbonyl (C=O) groups is 1. The summed E-state index contributed by atoms with van der Waals surface area (Å²) in [6, 6.07) is 2.62. The van der Waals surface area contributed by atoms with E-state index in [0.29, 0.717) is 13.0 Å². The van der Waals surface area contributed by atoms with E-state index in [1.54, 1.807) is 0 Å². The molecule has 1 aliphatic rings. The average Bonchev–Trinajstić information content (AvgIpc) is 3.22. The van der Waals surface area contributed by atoms with Gasteiger partial charge in [0, 0.05) is 12.6 Å². The van der Waals surface area contributed by atoms with Gasteiger partial charge >= 0.3 is 6.61 Å². The van der Waals surface area contributed by atoms with E-state index in [1.165, 1.54) is 29.5 Å². The molecule has 3 rings (SSSR count). The van der Waals surface area contributed by atoms with Gasteiger partial charge in [-0.3, -0.25) is 4.79 Å². The van der Waals surface area contributed by atoms with Gasteiger partial charge in [0.2, 0.25) is 11.8 Å². The molecule has 25 heavy (non-hydrogen) atoms. The summed E-state index contributed by atoms with van der Waals surface area (Å²) < 4.78 is 51.8. The van der Waals surface area contributed by atoms with Gasteiger partial charge in [-0.1, -0.05) is 0 Å². The maximum Gasteiger partial charge on any atom is 0.388 e. The van der Waals surface area contributed by atoms with Crippen LogP contribution in [-0.2, 0) is 6.61 Å². The van der Waals surface area contributed by atoms with E-state index in [9.17, 15) is 18.0 Å². The molecule has 2 aromatic rings. The number of oxazole rings is 1. The molecule has 7 nitrogen and oxygen atoms in total. The number of ether oxygens (including phenoxy) is 2. The molecule has 0 aliphatic carbocycles. The molecule has 10 heteroatoms. The van der Waals surface area contributed by atoms with Gasteiger partial charge in [-0.15, -0.1) is 0 Å². The summed E-state index contributed by atoms with van der Waals surface area (Å²) >= 11 is 0. The minimum Gasteiger partial charge on any atom is -0.482 e. The predicted octanol–water partition coefficient (Wildman–Crippen LogP) is 2.43. The molecule has 0 spiro atoms. The summed E-state index contributed by atoms with van der Waals surface area (Å²) in [6.45, 7) is -2.64. The monoisotopic (exact) mass is 357 g/mol. The van der Waals surface area contributed by atoms with Crippen molar-refractivity contribution >= 4 is 5.91 Å². The van der Waals surface area contributed by atoms with E-state index >= 15 is 0 Å². The second-order valence-electron chi connectivity index (χ2n) is 5.26. The normalized spacial score (nSPS) is 17.1. The first-order chi connectivity index (χ1) is 12.0. The van der Waals surface area contributed by atoms with E-state index in [-0.39, 0.29) is 36.4 Å². The average molecular weight is 357 g/mol. The third-order valence-corrected chi connectivity index (χ3v) is 3.47. The molecule has 134 valence electrons. The zero-order chi connectivity index (χ0) is 17.8. The molecule has 1 saturated heterocycles. The number of hydrogen-bond donors (Lipinski definition) is 0. The fourth-order valence-electron chi connectivity index (χ4n) is 2.30. The van der Waals surface area contributed by atoms with Gasteiger partial charge in [0.15, 0.2) is 12.3 Å². The Hall–Kier alpha value is -2.78. The summed E-state index contributed by atoms with van der Waals surface area (Å²) in [5.41, 5.74) is 0.0755.